The van der Waals surface area contributed by atoms with E-state index in [1.165, 1.54) is 0 Å². The van der Waals surface area contributed by atoms with Gasteiger partial charge in [0.2, 0.25) is 5.91 Å². The number of carbonyl (C=O) groups is 1. The molecule has 3 aromatic rings. The highest BCUT2D eigenvalue weighted by atomic mass is 16.5. The van der Waals surface area contributed by atoms with Crippen molar-refractivity contribution < 1.29 is 13.9 Å². The van der Waals surface area contributed by atoms with Crippen LogP contribution in [0.15, 0.2) is 28.9 Å². The summed E-state index contributed by atoms with van der Waals surface area (Å²) in [6.07, 6.45) is 2.48. The first-order chi connectivity index (χ1) is 12.1. The summed E-state index contributed by atoms with van der Waals surface area (Å²) in [5.74, 6) is 1.66. The molecule has 8 nitrogen and oxygen atoms in total. The van der Waals surface area contributed by atoms with Crippen LogP contribution in [0.1, 0.15) is 29.4 Å². The fourth-order valence-corrected chi connectivity index (χ4v) is 2.46. The fraction of sp³-hybridized carbons (Fsp3) is 0.412. The van der Waals surface area contributed by atoms with Crippen molar-refractivity contribution in [3.05, 3.63) is 47.4 Å². The van der Waals surface area contributed by atoms with Crippen LogP contribution in [0.2, 0.25) is 0 Å². The Balaban J connectivity index is 1.39. The minimum atomic E-state index is -0.115. The molecule has 8 heteroatoms. The highest BCUT2D eigenvalue weighted by molar-refractivity contribution is 5.77. The number of carbonyl (C=O) groups excluding carboxylic acids is 1. The molecule has 0 saturated carbocycles. The summed E-state index contributed by atoms with van der Waals surface area (Å²) in [4.78, 5) is 20.6. The van der Waals surface area contributed by atoms with Crippen molar-refractivity contribution in [1.29, 1.82) is 0 Å². The van der Waals surface area contributed by atoms with Crippen LogP contribution in [-0.2, 0) is 22.6 Å². The average molecular weight is 343 g/mol. The molecule has 0 bridgehead atoms. The predicted octanol–water partition coefficient (Wildman–Crippen LogP) is 1.60. The molecular formula is C17H21N5O3. The van der Waals surface area contributed by atoms with Crippen molar-refractivity contribution in [3.8, 4) is 0 Å². The first kappa shape index (κ1) is 17.1. The van der Waals surface area contributed by atoms with Gasteiger partial charge in [0.15, 0.2) is 5.82 Å². The summed E-state index contributed by atoms with van der Waals surface area (Å²) in [6.45, 7) is 5.37. The average Bonchev–Trinajstić information content (AvgIpc) is 3.20. The molecule has 0 aromatic carbocycles. The van der Waals surface area contributed by atoms with Gasteiger partial charge in [0.1, 0.15) is 12.4 Å². The third-order valence-corrected chi connectivity index (χ3v) is 3.59. The lowest BCUT2D eigenvalue weighted by molar-refractivity contribution is -0.120. The molecule has 0 saturated heterocycles. The molecule has 3 heterocycles. The van der Waals surface area contributed by atoms with Crippen LogP contribution in [0.25, 0.3) is 5.78 Å². The summed E-state index contributed by atoms with van der Waals surface area (Å²) in [6, 6.07) is 5.61. The minimum Gasteiger partial charge on any atom is -0.467 e. The van der Waals surface area contributed by atoms with E-state index in [0.717, 1.165) is 23.6 Å². The second kappa shape index (κ2) is 7.89. The maximum absolute atomic E-state index is 12.0. The Kier molecular flexibility index (Phi) is 5.39. The van der Waals surface area contributed by atoms with Gasteiger partial charge in [-0.05, 0) is 38.5 Å². The third-order valence-electron chi connectivity index (χ3n) is 3.59. The summed E-state index contributed by atoms with van der Waals surface area (Å²) in [5, 5.41) is 7.17. The van der Waals surface area contributed by atoms with Gasteiger partial charge < -0.3 is 14.5 Å². The number of furan rings is 1. The highest BCUT2D eigenvalue weighted by Gasteiger charge is 2.11. The molecule has 132 valence electrons. The molecule has 0 atom stereocenters. The van der Waals surface area contributed by atoms with Crippen molar-refractivity contribution in [1.82, 2.24) is 24.9 Å². The van der Waals surface area contributed by atoms with E-state index in [1.54, 1.807) is 10.8 Å². The van der Waals surface area contributed by atoms with Crippen LogP contribution >= 0.6 is 0 Å². The van der Waals surface area contributed by atoms with Crippen LogP contribution in [0.4, 0.5) is 0 Å². The molecule has 3 rings (SSSR count). The minimum absolute atomic E-state index is 0.115. The largest absolute Gasteiger partial charge is 0.467 e. The number of fused-ring (bicyclic) bond motifs is 1. The number of nitrogens with zero attached hydrogens (tertiary/aromatic N) is 4. The Hall–Kier alpha value is -2.74. The molecule has 0 aliphatic heterocycles. The number of nitrogens with one attached hydrogen (secondary N) is 1. The quantitative estimate of drug-likeness (QED) is 0.624. The van der Waals surface area contributed by atoms with E-state index >= 15 is 0 Å². The van der Waals surface area contributed by atoms with Gasteiger partial charge in [0, 0.05) is 24.5 Å². The first-order valence-corrected chi connectivity index (χ1v) is 8.18. The van der Waals surface area contributed by atoms with Crippen LogP contribution in [-0.4, -0.2) is 38.6 Å². The van der Waals surface area contributed by atoms with Crippen LogP contribution < -0.4 is 5.32 Å². The SMILES string of the molecule is Cc1cc(C)n2nc(CC(=O)NCCCOCc3ccco3)nc2n1. The van der Waals surface area contributed by atoms with E-state index in [2.05, 4.69) is 20.4 Å². The molecule has 0 aliphatic carbocycles. The van der Waals surface area contributed by atoms with E-state index in [-0.39, 0.29) is 12.3 Å². The second-order valence-electron chi connectivity index (χ2n) is 5.79. The molecule has 0 fully saturated rings. The maximum atomic E-state index is 12.0. The van der Waals surface area contributed by atoms with Crippen LogP contribution in [0.5, 0.6) is 0 Å². The number of rotatable bonds is 8. The summed E-state index contributed by atoms with van der Waals surface area (Å²) >= 11 is 0. The van der Waals surface area contributed by atoms with Gasteiger partial charge in [0.25, 0.3) is 5.78 Å². The van der Waals surface area contributed by atoms with Crippen LogP contribution in [0.3, 0.4) is 0 Å². The lowest BCUT2D eigenvalue weighted by atomic mass is 10.3. The smallest absolute Gasteiger partial charge is 0.252 e. The molecule has 0 unspecified atom stereocenters. The topological polar surface area (TPSA) is 94.6 Å². The van der Waals surface area contributed by atoms with Gasteiger partial charge in [-0.25, -0.2) is 9.50 Å². The van der Waals surface area contributed by atoms with E-state index in [1.807, 2.05) is 32.0 Å². The molecule has 0 spiro atoms. The highest BCUT2D eigenvalue weighted by Crippen LogP contribution is 2.06. The van der Waals surface area contributed by atoms with Crippen molar-refractivity contribution >= 4 is 11.7 Å². The zero-order chi connectivity index (χ0) is 17.6. The molecule has 0 aliphatic rings. The van der Waals surface area contributed by atoms with Gasteiger partial charge in [-0.3, -0.25) is 4.79 Å². The van der Waals surface area contributed by atoms with Crippen molar-refractivity contribution in [3.63, 3.8) is 0 Å². The van der Waals surface area contributed by atoms with Gasteiger partial charge in [-0.2, -0.15) is 4.98 Å². The fourth-order valence-electron chi connectivity index (χ4n) is 2.46. The van der Waals surface area contributed by atoms with E-state index < -0.39 is 0 Å². The Morgan fingerprint density at radius 2 is 2.24 bits per heavy atom. The second-order valence-corrected chi connectivity index (χ2v) is 5.79. The summed E-state index contributed by atoms with van der Waals surface area (Å²) < 4.78 is 12.3. The number of ether oxygens (including phenoxy) is 1. The number of hydrogen-bond donors (Lipinski definition) is 1. The van der Waals surface area contributed by atoms with Crippen molar-refractivity contribution in [2.75, 3.05) is 13.2 Å². The Labute approximate surface area is 145 Å². The molecular weight excluding hydrogens is 322 g/mol. The normalized spacial score (nSPS) is 11.1. The lowest BCUT2D eigenvalue weighted by Crippen LogP contribution is -2.27. The Morgan fingerprint density at radius 1 is 1.36 bits per heavy atom. The molecule has 25 heavy (non-hydrogen) atoms. The lowest BCUT2D eigenvalue weighted by Gasteiger charge is -2.04. The monoisotopic (exact) mass is 343 g/mol. The van der Waals surface area contributed by atoms with E-state index in [0.29, 0.717) is 31.4 Å². The van der Waals surface area contributed by atoms with E-state index in [4.69, 9.17) is 9.15 Å². The summed E-state index contributed by atoms with van der Waals surface area (Å²) in [7, 11) is 0. The predicted molar refractivity (Wildman–Crippen MR) is 90.0 cm³/mol. The molecule has 0 radical (unpaired) electrons. The zero-order valence-corrected chi connectivity index (χ0v) is 14.4. The van der Waals surface area contributed by atoms with Gasteiger partial charge >= 0.3 is 0 Å². The maximum Gasteiger partial charge on any atom is 0.252 e. The number of aromatic nitrogens is 4. The Bertz CT molecular complexity index is 841. The van der Waals surface area contributed by atoms with Crippen molar-refractivity contribution in [2.45, 2.75) is 33.3 Å². The first-order valence-electron chi connectivity index (χ1n) is 8.18. The number of aryl methyl sites for hydroxylation is 2. The van der Waals surface area contributed by atoms with E-state index in [9.17, 15) is 4.79 Å². The van der Waals surface area contributed by atoms with Gasteiger partial charge in [0.05, 0.1) is 12.7 Å². The molecule has 3 aromatic heterocycles. The standard InChI is InChI=1S/C17H21N5O3/c1-12-9-13(2)22-17(19-12)20-15(21-22)10-16(23)18-6-4-7-24-11-14-5-3-8-25-14/h3,5,8-9H,4,6-7,10-11H2,1-2H3,(H,18,23). The van der Waals surface area contributed by atoms with Crippen molar-refractivity contribution in [2.24, 2.45) is 0 Å². The van der Waals surface area contributed by atoms with Gasteiger partial charge in [-0.15, -0.1) is 5.10 Å². The summed E-state index contributed by atoms with van der Waals surface area (Å²) in [5.41, 5.74) is 1.82. The number of hydrogen-bond acceptors (Lipinski definition) is 6. The zero-order valence-electron chi connectivity index (χ0n) is 14.4. The van der Waals surface area contributed by atoms with Gasteiger partial charge in [-0.1, -0.05) is 0 Å². The van der Waals surface area contributed by atoms with Crippen LogP contribution in [0, 0.1) is 13.8 Å². The molecule has 1 N–H and O–H groups in total. The molecule has 1 amide bonds. The number of amides is 1. The third kappa shape index (κ3) is 4.63. The Morgan fingerprint density at radius 3 is 3.04 bits per heavy atom.